The van der Waals surface area contributed by atoms with Crippen LogP contribution in [0.1, 0.15) is 41.0 Å². The van der Waals surface area contributed by atoms with Gasteiger partial charge in [-0.05, 0) is 33.1 Å². The maximum absolute atomic E-state index is 12.2. The smallest absolute Gasteiger partial charge is 0.241 e. The molecule has 0 aliphatic carbocycles. The van der Waals surface area contributed by atoms with Crippen LogP contribution in [0.25, 0.3) is 0 Å². The van der Waals surface area contributed by atoms with Gasteiger partial charge in [-0.15, -0.1) is 0 Å². The van der Waals surface area contributed by atoms with Crippen LogP contribution in [0.4, 0.5) is 0 Å². The molecule has 1 saturated heterocycles. The summed E-state index contributed by atoms with van der Waals surface area (Å²) in [6, 6.07) is -0.0150. The molecule has 4 nitrogen and oxygen atoms in total. The highest BCUT2D eigenvalue weighted by Gasteiger charge is 2.36. The highest BCUT2D eigenvalue weighted by atomic mass is 16.5. The van der Waals surface area contributed by atoms with Crippen molar-refractivity contribution in [3.63, 3.8) is 0 Å². The topological polar surface area (TPSA) is 41.6 Å². The van der Waals surface area contributed by atoms with Crippen molar-refractivity contribution < 1.29 is 9.53 Å². The molecule has 4 heteroatoms. The molecular weight excluding hydrogens is 216 g/mol. The summed E-state index contributed by atoms with van der Waals surface area (Å²) in [6.45, 7) is 11.7. The SMILES string of the molecule is CCOC(C)CN1C(=O)C(CC(C)C)NC1C. The molecule has 3 unspecified atom stereocenters. The van der Waals surface area contributed by atoms with Crippen molar-refractivity contribution in [1.82, 2.24) is 10.2 Å². The quantitative estimate of drug-likeness (QED) is 0.769. The van der Waals surface area contributed by atoms with E-state index in [4.69, 9.17) is 4.74 Å². The lowest BCUT2D eigenvalue weighted by molar-refractivity contribution is -0.131. The minimum Gasteiger partial charge on any atom is -0.377 e. The van der Waals surface area contributed by atoms with Gasteiger partial charge in [0.2, 0.25) is 5.91 Å². The lowest BCUT2D eigenvalue weighted by atomic mass is 10.0. The summed E-state index contributed by atoms with van der Waals surface area (Å²) < 4.78 is 5.50. The third kappa shape index (κ3) is 3.96. The molecule has 0 aromatic heterocycles. The monoisotopic (exact) mass is 242 g/mol. The Bertz CT molecular complexity index is 256. The summed E-state index contributed by atoms with van der Waals surface area (Å²) in [7, 11) is 0. The van der Waals surface area contributed by atoms with Gasteiger partial charge in [0, 0.05) is 13.2 Å². The summed E-state index contributed by atoms with van der Waals surface area (Å²) in [5.41, 5.74) is 0. The Labute approximate surface area is 105 Å². The van der Waals surface area contributed by atoms with Gasteiger partial charge in [0.15, 0.2) is 0 Å². The van der Waals surface area contributed by atoms with Crippen LogP contribution >= 0.6 is 0 Å². The molecule has 17 heavy (non-hydrogen) atoms. The molecule has 0 saturated carbocycles. The fourth-order valence-corrected chi connectivity index (χ4v) is 2.35. The van der Waals surface area contributed by atoms with E-state index in [1.165, 1.54) is 0 Å². The second-order valence-electron chi connectivity index (χ2n) is 5.28. The largest absolute Gasteiger partial charge is 0.377 e. The number of nitrogens with zero attached hydrogens (tertiary/aromatic N) is 1. The molecule has 0 radical (unpaired) electrons. The molecule has 1 aliphatic rings. The van der Waals surface area contributed by atoms with Gasteiger partial charge in [0.25, 0.3) is 0 Å². The molecule has 1 fully saturated rings. The Morgan fingerprint density at radius 3 is 2.59 bits per heavy atom. The molecule has 0 bridgehead atoms. The zero-order chi connectivity index (χ0) is 13.0. The van der Waals surface area contributed by atoms with E-state index in [0.29, 0.717) is 19.1 Å². The molecular formula is C13H26N2O2. The fourth-order valence-electron chi connectivity index (χ4n) is 2.35. The van der Waals surface area contributed by atoms with E-state index in [2.05, 4.69) is 19.2 Å². The summed E-state index contributed by atoms with van der Waals surface area (Å²) in [4.78, 5) is 14.1. The van der Waals surface area contributed by atoms with E-state index in [-0.39, 0.29) is 24.2 Å². The van der Waals surface area contributed by atoms with Crippen LogP contribution < -0.4 is 5.32 Å². The number of hydrogen-bond acceptors (Lipinski definition) is 3. The van der Waals surface area contributed by atoms with Crippen molar-refractivity contribution in [2.45, 2.75) is 59.4 Å². The third-order valence-corrected chi connectivity index (χ3v) is 3.10. The highest BCUT2D eigenvalue weighted by molar-refractivity contribution is 5.84. The number of hydrogen-bond donors (Lipinski definition) is 1. The lowest BCUT2D eigenvalue weighted by Gasteiger charge is -2.24. The Morgan fingerprint density at radius 2 is 2.06 bits per heavy atom. The maximum Gasteiger partial charge on any atom is 0.241 e. The van der Waals surface area contributed by atoms with E-state index in [0.717, 1.165) is 6.42 Å². The van der Waals surface area contributed by atoms with Gasteiger partial charge in [0.05, 0.1) is 18.3 Å². The number of amides is 1. The molecule has 1 amide bonds. The van der Waals surface area contributed by atoms with Crippen LogP contribution in [0, 0.1) is 5.92 Å². The van der Waals surface area contributed by atoms with Crippen molar-refractivity contribution in [3.05, 3.63) is 0 Å². The Morgan fingerprint density at radius 1 is 1.41 bits per heavy atom. The molecule has 0 spiro atoms. The van der Waals surface area contributed by atoms with Crippen molar-refractivity contribution >= 4 is 5.91 Å². The summed E-state index contributed by atoms with van der Waals surface area (Å²) >= 11 is 0. The average Bonchev–Trinajstić information content (AvgIpc) is 2.45. The van der Waals surface area contributed by atoms with Crippen molar-refractivity contribution in [3.8, 4) is 0 Å². The maximum atomic E-state index is 12.2. The zero-order valence-electron chi connectivity index (χ0n) is 11.7. The molecule has 0 aromatic carbocycles. The number of carbonyl (C=O) groups is 1. The normalized spacial score (nSPS) is 26.9. The van der Waals surface area contributed by atoms with Gasteiger partial charge >= 0.3 is 0 Å². The molecule has 1 heterocycles. The number of nitrogens with one attached hydrogen (secondary N) is 1. The first kappa shape index (κ1) is 14.5. The predicted octanol–water partition coefficient (Wildman–Crippen LogP) is 1.60. The minimum atomic E-state index is -0.0150. The third-order valence-electron chi connectivity index (χ3n) is 3.10. The Kier molecular flexibility index (Phi) is 5.40. The zero-order valence-corrected chi connectivity index (χ0v) is 11.7. The highest BCUT2D eigenvalue weighted by Crippen LogP contribution is 2.17. The second kappa shape index (κ2) is 6.36. The van der Waals surface area contributed by atoms with Gasteiger partial charge in [0.1, 0.15) is 0 Å². The summed E-state index contributed by atoms with van der Waals surface area (Å²) in [6.07, 6.45) is 1.13. The van der Waals surface area contributed by atoms with Gasteiger partial charge in [-0.1, -0.05) is 13.8 Å². The van der Waals surface area contributed by atoms with Gasteiger partial charge in [-0.3, -0.25) is 10.1 Å². The Hall–Kier alpha value is -0.610. The first-order chi connectivity index (χ1) is 7.95. The molecule has 1 rings (SSSR count). The standard InChI is InChI=1S/C13H26N2O2/c1-6-17-10(4)8-15-11(5)14-12(13(15)16)7-9(2)3/h9-12,14H,6-8H2,1-5H3. The number of rotatable bonds is 6. The minimum absolute atomic E-state index is 0.0150. The molecule has 100 valence electrons. The average molecular weight is 242 g/mol. The van der Waals surface area contributed by atoms with Crippen LogP contribution in [0.15, 0.2) is 0 Å². The number of ether oxygens (including phenoxy) is 1. The van der Waals surface area contributed by atoms with Crippen molar-refractivity contribution in [2.75, 3.05) is 13.2 Å². The van der Waals surface area contributed by atoms with Crippen LogP contribution in [0.2, 0.25) is 0 Å². The summed E-state index contributed by atoms with van der Waals surface area (Å²) in [5.74, 6) is 0.755. The molecule has 3 atom stereocenters. The van der Waals surface area contributed by atoms with E-state index in [1.807, 2.05) is 25.7 Å². The molecule has 0 aromatic rings. The second-order valence-corrected chi connectivity index (χ2v) is 5.28. The van der Waals surface area contributed by atoms with Gasteiger partial charge in [-0.2, -0.15) is 0 Å². The lowest BCUT2D eigenvalue weighted by Crippen LogP contribution is -2.40. The molecule has 1 aliphatic heterocycles. The van der Waals surface area contributed by atoms with E-state index in [9.17, 15) is 4.79 Å². The summed E-state index contributed by atoms with van der Waals surface area (Å²) in [5, 5.41) is 3.35. The molecule has 1 N–H and O–H groups in total. The predicted molar refractivity (Wildman–Crippen MR) is 68.6 cm³/mol. The number of carbonyl (C=O) groups excluding carboxylic acids is 1. The van der Waals surface area contributed by atoms with Crippen LogP contribution in [0.5, 0.6) is 0 Å². The van der Waals surface area contributed by atoms with Gasteiger partial charge in [-0.25, -0.2) is 0 Å². The Balaban J connectivity index is 2.53. The van der Waals surface area contributed by atoms with Crippen molar-refractivity contribution in [2.24, 2.45) is 5.92 Å². The first-order valence-electron chi connectivity index (χ1n) is 6.63. The van der Waals surface area contributed by atoms with Crippen LogP contribution in [-0.4, -0.2) is 42.3 Å². The fraction of sp³-hybridized carbons (Fsp3) is 0.923. The first-order valence-corrected chi connectivity index (χ1v) is 6.63. The van der Waals surface area contributed by atoms with Crippen molar-refractivity contribution in [1.29, 1.82) is 0 Å². The van der Waals surface area contributed by atoms with Crippen LogP contribution in [0.3, 0.4) is 0 Å². The van der Waals surface area contributed by atoms with E-state index >= 15 is 0 Å². The van der Waals surface area contributed by atoms with E-state index < -0.39 is 0 Å². The van der Waals surface area contributed by atoms with Crippen LogP contribution in [-0.2, 0) is 9.53 Å². The van der Waals surface area contributed by atoms with E-state index in [1.54, 1.807) is 0 Å². The van der Waals surface area contributed by atoms with Gasteiger partial charge < -0.3 is 9.64 Å².